The molecule has 0 aliphatic rings. The summed E-state index contributed by atoms with van der Waals surface area (Å²) >= 11 is 0. The number of nitrogens with one attached hydrogen (secondary N) is 1. The number of benzene rings is 1. The van der Waals surface area contributed by atoms with Gasteiger partial charge in [-0.3, -0.25) is 4.98 Å². The highest BCUT2D eigenvalue weighted by Gasteiger charge is 2.30. The molecule has 9 heteroatoms. The Morgan fingerprint density at radius 3 is 2.44 bits per heavy atom. The Kier molecular flexibility index (Phi) is 4.10. The normalized spacial score (nSPS) is 11.2. The molecule has 0 spiro atoms. The van der Waals surface area contributed by atoms with Crippen molar-refractivity contribution in [1.82, 2.24) is 9.97 Å². The quantitative estimate of drug-likeness (QED) is 0.565. The third-order valence-electron chi connectivity index (χ3n) is 3.20. The number of aromatic nitrogens is 2. The van der Waals surface area contributed by atoms with Gasteiger partial charge in [0, 0.05) is 23.3 Å². The second kappa shape index (κ2) is 6.24. The smallest absolute Gasteiger partial charge is 0.406 e. The SMILES string of the molecule is N#Cc1cnc2cnc(F)cc2c1Nc1ccc(OC(F)(F)F)cc1. The molecule has 0 aliphatic heterocycles. The summed E-state index contributed by atoms with van der Waals surface area (Å²) in [6.45, 7) is 0. The Balaban J connectivity index is 1.97. The molecule has 3 rings (SSSR count). The van der Waals surface area contributed by atoms with Gasteiger partial charge in [0.15, 0.2) is 0 Å². The fourth-order valence-electron chi connectivity index (χ4n) is 2.17. The predicted octanol–water partition coefficient (Wildman–Crippen LogP) is 4.28. The van der Waals surface area contributed by atoms with Crippen LogP contribution in [0.25, 0.3) is 10.9 Å². The third kappa shape index (κ3) is 3.74. The molecule has 1 aromatic carbocycles. The van der Waals surface area contributed by atoms with Crippen molar-refractivity contribution in [2.75, 3.05) is 5.32 Å². The minimum absolute atomic E-state index is 0.147. The van der Waals surface area contributed by atoms with Crippen molar-refractivity contribution in [2.45, 2.75) is 6.36 Å². The van der Waals surface area contributed by atoms with Crippen molar-refractivity contribution in [1.29, 1.82) is 5.26 Å². The van der Waals surface area contributed by atoms with Crippen molar-refractivity contribution in [2.24, 2.45) is 0 Å². The molecular formula is C16H8F4N4O. The van der Waals surface area contributed by atoms with Crippen LogP contribution in [0.5, 0.6) is 5.75 Å². The van der Waals surface area contributed by atoms with Gasteiger partial charge in [0.25, 0.3) is 0 Å². The number of anilines is 2. The molecule has 0 bridgehead atoms. The Morgan fingerprint density at radius 2 is 1.80 bits per heavy atom. The Morgan fingerprint density at radius 1 is 1.08 bits per heavy atom. The van der Waals surface area contributed by atoms with Gasteiger partial charge in [0.1, 0.15) is 11.8 Å². The van der Waals surface area contributed by atoms with Gasteiger partial charge in [-0.2, -0.15) is 9.65 Å². The van der Waals surface area contributed by atoms with E-state index in [4.69, 9.17) is 0 Å². The predicted molar refractivity (Wildman–Crippen MR) is 80.6 cm³/mol. The molecule has 0 saturated heterocycles. The van der Waals surface area contributed by atoms with E-state index in [1.165, 1.54) is 24.5 Å². The molecule has 126 valence electrons. The van der Waals surface area contributed by atoms with Crippen LogP contribution in [0.15, 0.2) is 42.7 Å². The first-order valence-corrected chi connectivity index (χ1v) is 6.83. The van der Waals surface area contributed by atoms with Crippen LogP contribution in [0.3, 0.4) is 0 Å². The molecule has 2 heterocycles. The summed E-state index contributed by atoms with van der Waals surface area (Å²) in [6.07, 6.45) is -2.27. The van der Waals surface area contributed by atoms with Crippen LogP contribution in [0.2, 0.25) is 0 Å². The monoisotopic (exact) mass is 348 g/mol. The van der Waals surface area contributed by atoms with Crippen molar-refractivity contribution >= 4 is 22.3 Å². The number of ether oxygens (including phenoxy) is 1. The Bertz CT molecular complexity index is 965. The second-order valence-corrected chi connectivity index (χ2v) is 4.88. The first kappa shape index (κ1) is 16.4. The number of nitriles is 1. The number of hydrogen-bond acceptors (Lipinski definition) is 5. The molecule has 0 fully saturated rings. The molecule has 0 amide bonds. The van der Waals surface area contributed by atoms with E-state index in [1.807, 2.05) is 6.07 Å². The largest absolute Gasteiger partial charge is 0.573 e. The van der Waals surface area contributed by atoms with Gasteiger partial charge in [-0.1, -0.05) is 0 Å². The van der Waals surface area contributed by atoms with Crippen molar-refractivity contribution < 1.29 is 22.3 Å². The van der Waals surface area contributed by atoms with E-state index in [9.17, 15) is 22.8 Å². The fraction of sp³-hybridized carbons (Fsp3) is 0.0625. The van der Waals surface area contributed by atoms with E-state index < -0.39 is 12.3 Å². The Labute approximate surface area is 138 Å². The lowest BCUT2D eigenvalue weighted by Crippen LogP contribution is -2.16. The second-order valence-electron chi connectivity index (χ2n) is 4.88. The zero-order chi connectivity index (χ0) is 18.0. The van der Waals surface area contributed by atoms with Gasteiger partial charge < -0.3 is 10.1 Å². The molecular weight excluding hydrogens is 340 g/mol. The van der Waals surface area contributed by atoms with Gasteiger partial charge in [-0.15, -0.1) is 13.2 Å². The van der Waals surface area contributed by atoms with Gasteiger partial charge >= 0.3 is 6.36 Å². The number of nitrogens with zero attached hydrogens (tertiary/aromatic N) is 3. The van der Waals surface area contributed by atoms with Crippen LogP contribution in [0.4, 0.5) is 28.9 Å². The zero-order valence-corrected chi connectivity index (χ0v) is 12.3. The summed E-state index contributed by atoms with van der Waals surface area (Å²) in [5.74, 6) is -1.13. The topological polar surface area (TPSA) is 70.8 Å². The minimum Gasteiger partial charge on any atom is -0.406 e. The number of alkyl halides is 3. The van der Waals surface area contributed by atoms with E-state index in [0.717, 1.165) is 18.2 Å². The summed E-state index contributed by atoms with van der Waals surface area (Å²) in [5.41, 5.74) is 1.17. The minimum atomic E-state index is -4.78. The molecule has 0 unspecified atom stereocenters. The highest BCUT2D eigenvalue weighted by atomic mass is 19.4. The highest BCUT2D eigenvalue weighted by molar-refractivity contribution is 5.95. The van der Waals surface area contributed by atoms with Gasteiger partial charge in [-0.25, -0.2) is 4.98 Å². The maximum Gasteiger partial charge on any atom is 0.573 e. The van der Waals surface area contributed by atoms with Crippen LogP contribution in [0, 0.1) is 17.3 Å². The maximum atomic E-state index is 13.4. The number of fused-ring (bicyclic) bond motifs is 1. The number of rotatable bonds is 3. The number of halogens is 4. The van der Waals surface area contributed by atoms with Crippen LogP contribution >= 0.6 is 0 Å². The lowest BCUT2D eigenvalue weighted by Gasteiger charge is -2.13. The van der Waals surface area contributed by atoms with Gasteiger partial charge in [-0.05, 0) is 24.3 Å². The molecule has 0 aliphatic carbocycles. The average molecular weight is 348 g/mol. The van der Waals surface area contributed by atoms with E-state index in [1.54, 1.807) is 0 Å². The van der Waals surface area contributed by atoms with E-state index in [0.29, 0.717) is 16.6 Å². The average Bonchev–Trinajstić information content (AvgIpc) is 2.55. The maximum absolute atomic E-state index is 13.4. The molecule has 25 heavy (non-hydrogen) atoms. The first-order chi connectivity index (χ1) is 11.9. The molecule has 5 nitrogen and oxygen atoms in total. The van der Waals surface area contributed by atoms with Crippen molar-refractivity contribution in [3.63, 3.8) is 0 Å². The summed E-state index contributed by atoms with van der Waals surface area (Å²) in [5, 5.41) is 12.4. The lowest BCUT2D eigenvalue weighted by atomic mass is 10.1. The molecule has 3 aromatic rings. The van der Waals surface area contributed by atoms with Crippen LogP contribution in [-0.2, 0) is 0 Å². The molecule has 0 radical (unpaired) electrons. The van der Waals surface area contributed by atoms with E-state index in [2.05, 4.69) is 20.0 Å². The number of hydrogen-bond donors (Lipinski definition) is 1. The van der Waals surface area contributed by atoms with Crippen LogP contribution < -0.4 is 10.1 Å². The van der Waals surface area contributed by atoms with Crippen molar-refractivity contribution in [3.8, 4) is 11.8 Å². The van der Waals surface area contributed by atoms with Gasteiger partial charge in [0.05, 0.1) is 23.0 Å². The molecule has 2 aromatic heterocycles. The molecule has 0 saturated carbocycles. The lowest BCUT2D eigenvalue weighted by molar-refractivity contribution is -0.274. The summed E-state index contributed by atoms with van der Waals surface area (Å²) in [6, 6.07) is 7.96. The van der Waals surface area contributed by atoms with E-state index >= 15 is 0 Å². The zero-order valence-electron chi connectivity index (χ0n) is 12.3. The van der Waals surface area contributed by atoms with Gasteiger partial charge in [0.2, 0.25) is 5.95 Å². The fourth-order valence-corrected chi connectivity index (χ4v) is 2.17. The summed E-state index contributed by atoms with van der Waals surface area (Å²) in [7, 11) is 0. The standard InChI is InChI=1S/C16H8F4N4O/c17-14-5-12-13(8-23-14)22-7-9(6-21)15(12)24-10-1-3-11(4-2-10)25-16(18,19)20/h1-5,7-8H,(H,22,24). The van der Waals surface area contributed by atoms with Crippen LogP contribution in [0.1, 0.15) is 5.56 Å². The highest BCUT2D eigenvalue weighted by Crippen LogP contribution is 2.30. The number of pyridine rings is 2. The van der Waals surface area contributed by atoms with Crippen LogP contribution in [-0.4, -0.2) is 16.3 Å². The van der Waals surface area contributed by atoms with Crippen molar-refractivity contribution in [3.05, 3.63) is 54.2 Å². The third-order valence-corrected chi connectivity index (χ3v) is 3.20. The summed E-state index contributed by atoms with van der Waals surface area (Å²) in [4.78, 5) is 7.51. The summed E-state index contributed by atoms with van der Waals surface area (Å²) < 4.78 is 53.8. The molecule has 1 N–H and O–H groups in total. The first-order valence-electron chi connectivity index (χ1n) is 6.83. The Hall–Kier alpha value is -3.41. The molecule has 0 atom stereocenters. The van der Waals surface area contributed by atoms with E-state index in [-0.39, 0.29) is 17.0 Å².